The van der Waals surface area contributed by atoms with Gasteiger partial charge < -0.3 is 11.1 Å². The number of amides is 1. The number of benzene rings is 1. The summed E-state index contributed by atoms with van der Waals surface area (Å²) in [6, 6.07) is 8.33. The molecule has 4 unspecified atom stereocenters. The lowest BCUT2D eigenvalue weighted by atomic mass is 9.84. The lowest BCUT2D eigenvalue weighted by molar-refractivity contribution is -0.126. The molecule has 0 aromatic heterocycles. The van der Waals surface area contributed by atoms with Gasteiger partial charge >= 0.3 is 0 Å². The SMILES string of the molecule is CC12CCCCCCCC1C2(C)C(=O)C(N)CCCCNC(=O)Cc1ccc(CC2CCCCCCC2)cc1. The molecule has 0 aliphatic heterocycles. The average molecular weight is 537 g/mol. The summed E-state index contributed by atoms with van der Waals surface area (Å²) < 4.78 is 0. The molecule has 39 heavy (non-hydrogen) atoms. The topological polar surface area (TPSA) is 72.2 Å². The normalized spacial score (nSPS) is 29.1. The van der Waals surface area contributed by atoms with E-state index in [0.717, 1.165) is 30.7 Å². The number of Topliss-reactive ketones (excluding diaryl/α,β-unsaturated/α-hetero) is 1. The molecule has 4 nitrogen and oxygen atoms in total. The fourth-order valence-corrected chi connectivity index (χ4v) is 8.21. The van der Waals surface area contributed by atoms with Crippen molar-refractivity contribution in [2.45, 2.75) is 142 Å². The number of fused-ring (bicyclic) bond motifs is 1. The number of hydrogen-bond acceptors (Lipinski definition) is 3. The number of carbonyl (C=O) groups is 2. The molecule has 1 amide bonds. The molecular weight excluding hydrogens is 480 g/mol. The Balaban J connectivity index is 1.12. The highest BCUT2D eigenvalue weighted by molar-refractivity contribution is 5.93. The summed E-state index contributed by atoms with van der Waals surface area (Å²) in [5, 5.41) is 3.07. The van der Waals surface area contributed by atoms with Crippen LogP contribution in [0.2, 0.25) is 0 Å². The van der Waals surface area contributed by atoms with Crippen LogP contribution in [0.5, 0.6) is 0 Å². The summed E-state index contributed by atoms with van der Waals surface area (Å²) in [5.74, 6) is 1.70. The second-order valence-corrected chi connectivity index (χ2v) is 13.7. The smallest absolute Gasteiger partial charge is 0.224 e. The van der Waals surface area contributed by atoms with Crippen molar-refractivity contribution in [3.05, 3.63) is 35.4 Å². The highest BCUT2D eigenvalue weighted by atomic mass is 16.1. The van der Waals surface area contributed by atoms with E-state index in [1.165, 1.54) is 102 Å². The second kappa shape index (κ2) is 14.3. The zero-order valence-corrected chi connectivity index (χ0v) is 25.1. The quantitative estimate of drug-likeness (QED) is 0.285. The summed E-state index contributed by atoms with van der Waals surface area (Å²) in [4.78, 5) is 26.0. The first-order chi connectivity index (χ1) is 18.8. The Morgan fingerprint density at radius 1 is 0.846 bits per heavy atom. The molecule has 4 atom stereocenters. The molecule has 3 aliphatic carbocycles. The fourth-order valence-electron chi connectivity index (χ4n) is 8.21. The lowest BCUT2D eigenvalue weighted by Crippen LogP contribution is -2.38. The van der Waals surface area contributed by atoms with Crippen LogP contribution in [0.3, 0.4) is 0 Å². The molecule has 218 valence electrons. The van der Waals surface area contributed by atoms with E-state index in [2.05, 4.69) is 43.4 Å². The van der Waals surface area contributed by atoms with E-state index in [1.807, 2.05) is 0 Å². The Morgan fingerprint density at radius 2 is 1.44 bits per heavy atom. The van der Waals surface area contributed by atoms with E-state index in [4.69, 9.17) is 5.73 Å². The number of carbonyl (C=O) groups excluding carboxylic acids is 2. The molecule has 0 heterocycles. The third-order valence-corrected chi connectivity index (χ3v) is 11.0. The average Bonchev–Trinajstić information content (AvgIpc) is 3.34. The Labute approximate surface area is 238 Å². The van der Waals surface area contributed by atoms with Crippen LogP contribution in [0.25, 0.3) is 0 Å². The summed E-state index contributed by atoms with van der Waals surface area (Å²) >= 11 is 0. The van der Waals surface area contributed by atoms with E-state index >= 15 is 0 Å². The van der Waals surface area contributed by atoms with Gasteiger partial charge in [-0.15, -0.1) is 0 Å². The molecule has 3 fully saturated rings. The minimum Gasteiger partial charge on any atom is -0.356 e. The summed E-state index contributed by atoms with van der Waals surface area (Å²) in [6.45, 7) is 5.19. The molecule has 3 N–H and O–H groups in total. The van der Waals surface area contributed by atoms with Crippen LogP contribution in [-0.4, -0.2) is 24.3 Å². The maximum atomic E-state index is 13.5. The van der Waals surface area contributed by atoms with E-state index in [-0.39, 0.29) is 28.6 Å². The molecule has 1 aromatic carbocycles. The number of nitrogens with two attached hydrogens (primary N) is 1. The van der Waals surface area contributed by atoms with Crippen LogP contribution in [0, 0.1) is 22.7 Å². The van der Waals surface area contributed by atoms with Crippen LogP contribution in [0.4, 0.5) is 0 Å². The maximum Gasteiger partial charge on any atom is 0.224 e. The van der Waals surface area contributed by atoms with Crippen molar-refractivity contribution in [2.24, 2.45) is 28.4 Å². The number of ketones is 1. The van der Waals surface area contributed by atoms with Crippen molar-refractivity contribution in [3.63, 3.8) is 0 Å². The van der Waals surface area contributed by atoms with Gasteiger partial charge in [0.1, 0.15) is 0 Å². The van der Waals surface area contributed by atoms with Crippen LogP contribution in [0.1, 0.15) is 134 Å². The summed E-state index contributed by atoms with van der Waals surface area (Å²) in [5.41, 5.74) is 8.86. The Bertz CT molecular complexity index is 919. The van der Waals surface area contributed by atoms with Gasteiger partial charge in [0.2, 0.25) is 5.91 Å². The largest absolute Gasteiger partial charge is 0.356 e. The molecule has 0 spiro atoms. The number of unbranched alkanes of at least 4 members (excludes halogenated alkanes) is 1. The van der Waals surface area contributed by atoms with Crippen LogP contribution in [0.15, 0.2) is 24.3 Å². The van der Waals surface area contributed by atoms with E-state index in [9.17, 15) is 9.59 Å². The molecule has 4 heteroatoms. The molecule has 0 radical (unpaired) electrons. The predicted octanol–water partition coefficient (Wildman–Crippen LogP) is 7.70. The van der Waals surface area contributed by atoms with Gasteiger partial charge in [0, 0.05) is 12.0 Å². The second-order valence-electron chi connectivity index (χ2n) is 13.7. The molecular formula is C35H56N2O2. The molecule has 1 aromatic rings. The molecule has 3 saturated carbocycles. The number of hydrogen-bond donors (Lipinski definition) is 2. The Hall–Kier alpha value is -1.68. The van der Waals surface area contributed by atoms with Crippen LogP contribution >= 0.6 is 0 Å². The highest BCUT2D eigenvalue weighted by Crippen LogP contribution is 2.73. The lowest BCUT2D eigenvalue weighted by Gasteiger charge is -2.21. The monoisotopic (exact) mass is 536 g/mol. The minimum absolute atomic E-state index is 0.0775. The van der Waals surface area contributed by atoms with Crippen molar-refractivity contribution in [1.82, 2.24) is 5.32 Å². The van der Waals surface area contributed by atoms with E-state index in [1.54, 1.807) is 0 Å². The summed E-state index contributed by atoms with van der Waals surface area (Å²) in [6.07, 6.45) is 22.6. The van der Waals surface area contributed by atoms with E-state index in [0.29, 0.717) is 18.9 Å². The fraction of sp³-hybridized carbons (Fsp3) is 0.771. The van der Waals surface area contributed by atoms with Crippen molar-refractivity contribution < 1.29 is 9.59 Å². The first kappa shape index (κ1) is 30.3. The zero-order chi connectivity index (χ0) is 27.7. The summed E-state index contributed by atoms with van der Waals surface area (Å²) in [7, 11) is 0. The highest BCUT2D eigenvalue weighted by Gasteiger charge is 2.73. The van der Waals surface area contributed by atoms with Crippen molar-refractivity contribution >= 4 is 11.7 Å². The standard InChI is InChI=1S/C35H56N2O2/c1-34-23-13-8-4-7-11-18-31(34)35(34,2)33(39)30(36)17-12-14-24-37-32(38)26-29-21-19-28(20-22-29)25-27-15-9-5-3-6-10-16-27/h19-22,27,30-31H,3-18,23-26,36H2,1-2H3,(H,37,38). The van der Waals surface area contributed by atoms with Gasteiger partial charge in [-0.25, -0.2) is 0 Å². The minimum atomic E-state index is -0.376. The van der Waals surface area contributed by atoms with Crippen LogP contribution < -0.4 is 11.1 Å². The van der Waals surface area contributed by atoms with E-state index < -0.39 is 0 Å². The van der Waals surface area contributed by atoms with Crippen molar-refractivity contribution in [2.75, 3.05) is 6.54 Å². The molecule has 4 rings (SSSR count). The third-order valence-electron chi connectivity index (χ3n) is 11.0. The first-order valence-electron chi connectivity index (χ1n) is 16.5. The van der Waals surface area contributed by atoms with Gasteiger partial charge in [0.15, 0.2) is 5.78 Å². The van der Waals surface area contributed by atoms with Gasteiger partial charge in [-0.3, -0.25) is 9.59 Å². The number of nitrogens with one attached hydrogen (secondary N) is 1. The first-order valence-corrected chi connectivity index (χ1v) is 16.5. The number of rotatable bonds is 11. The Morgan fingerprint density at radius 3 is 2.13 bits per heavy atom. The maximum absolute atomic E-state index is 13.5. The van der Waals surface area contributed by atoms with Crippen LogP contribution in [-0.2, 0) is 22.4 Å². The van der Waals surface area contributed by atoms with Gasteiger partial charge in [-0.1, -0.05) is 115 Å². The zero-order valence-electron chi connectivity index (χ0n) is 25.1. The predicted molar refractivity (Wildman–Crippen MR) is 162 cm³/mol. The third kappa shape index (κ3) is 7.75. The van der Waals surface area contributed by atoms with Gasteiger partial charge in [-0.2, -0.15) is 0 Å². The molecule has 3 aliphatic rings. The van der Waals surface area contributed by atoms with Gasteiger partial charge in [0.25, 0.3) is 0 Å². The molecule has 0 bridgehead atoms. The van der Waals surface area contributed by atoms with Crippen molar-refractivity contribution in [1.29, 1.82) is 0 Å². The van der Waals surface area contributed by atoms with Gasteiger partial charge in [0.05, 0.1) is 12.5 Å². The van der Waals surface area contributed by atoms with Gasteiger partial charge in [-0.05, 0) is 66.9 Å². The Kier molecular flexibility index (Phi) is 11.1. The van der Waals surface area contributed by atoms with Crippen molar-refractivity contribution in [3.8, 4) is 0 Å². The molecule has 0 saturated heterocycles.